The second kappa shape index (κ2) is 6.04. The Morgan fingerprint density at radius 1 is 1.42 bits per heavy atom. The first kappa shape index (κ1) is 13.8. The van der Waals surface area contributed by atoms with Crippen LogP contribution in [-0.4, -0.2) is 24.6 Å². The number of nitrogens with one attached hydrogen (secondary N) is 2. The number of hydrogen-bond donors (Lipinski definition) is 2. The quantitative estimate of drug-likeness (QED) is 0.647. The van der Waals surface area contributed by atoms with Crippen molar-refractivity contribution in [1.29, 1.82) is 0 Å². The Hall–Kier alpha value is -1.58. The summed E-state index contributed by atoms with van der Waals surface area (Å²) in [6, 6.07) is 7.64. The van der Waals surface area contributed by atoms with E-state index in [0.717, 1.165) is 24.5 Å². The third-order valence-corrected chi connectivity index (χ3v) is 3.16. The van der Waals surface area contributed by atoms with Crippen molar-refractivity contribution < 1.29 is 4.39 Å². The van der Waals surface area contributed by atoms with Gasteiger partial charge in [0.05, 0.1) is 0 Å². The number of hydrogen-bond acceptors (Lipinski definition) is 1. The molecule has 2 N–H and O–H groups in total. The van der Waals surface area contributed by atoms with Crippen molar-refractivity contribution in [3.05, 3.63) is 35.6 Å². The molecular formula is C15H22FN3. The first-order chi connectivity index (χ1) is 9.11. The van der Waals surface area contributed by atoms with Gasteiger partial charge >= 0.3 is 0 Å². The van der Waals surface area contributed by atoms with Gasteiger partial charge < -0.3 is 10.6 Å². The molecule has 4 heteroatoms. The van der Waals surface area contributed by atoms with E-state index in [1.54, 1.807) is 6.07 Å². The fourth-order valence-corrected chi connectivity index (χ4v) is 2.21. The van der Waals surface area contributed by atoms with Crippen LogP contribution >= 0.6 is 0 Å². The number of rotatable bonds is 4. The average molecular weight is 263 g/mol. The summed E-state index contributed by atoms with van der Waals surface area (Å²) >= 11 is 0. The standard InChI is InChI=1S/C15H22FN3/c1-4-17-15(18-10(2)3)19-14-9-12(14)11-7-5-6-8-13(11)16/h5-8,10,12,14H,4,9H2,1-3H3,(H2,17,18,19). The monoisotopic (exact) mass is 263 g/mol. The number of aliphatic imine (C=N–C) groups is 1. The van der Waals surface area contributed by atoms with Crippen LogP contribution in [0.25, 0.3) is 0 Å². The number of benzene rings is 1. The highest BCUT2D eigenvalue weighted by atomic mass is 19.1. The molecule has 0 spiro atoms. The molecule has 3 nitrogen and oxygen atoms in total. The highest BCUT2D eigenvalue weighted by Gasteiger charge is 2.40. The summed E-state index contributed by atoms with van der Waals surface area (Å²) in [5, 5.41) is 6.66. The van der Waals surface area contributed by atoms with Gasteiger partial charge in [0.1, 0.15) is 5.82 Å². The molecule has 1 aliphatic rings. The van der Waals surface area contributed by atoms with Gasteiger partial charge in [-0.25, -0.2) is 4.39 Å². The SMILES string of the molecule is CCN=C(NC(C)C)NC1CC1c1ccccc1F. The van der Waals surface area contributed by atoms with E-state index in [-0.39, 0.29) is 17.8 Å². The van der Waals surface area contributed by atoms with Crippen LogP contribution in [0.2, 0.25) is 0 Å². The lowest BCUT2D eigenvalue weighted by Crippen LogP contribution is -2.42. The van der Waals surface area contributed by atoms with Gasteiger partial charge in [-0.1, -0.05) is 18.2 Å². The first-order valence-electron chi connectivity index (χ1n) is 6.93. The fraction of sp³-hybridized carbons (Fsp3) is 0.533. The third kappa shape index (κ3) is 3.69. The highest BCUT2D eigenvalue weighted by Crippen LogP contribution is 2.41. The van der Waals surface area contributed by atoms with Crippen molar-refractivity contribution in [2.45, 2.75) is 45.2 Å². The van der Waals surface area contributed by atoms with Crippen molar-refractivity contribution in [2.75, 3.05) is 6.54 Å². The summed E-state index contributed by atoms with van der Waals surface area (Å²) in [7, 11) is 0. The van der Waals surface area contributed by atoms with Crippen LogP contribution in [0.3, 0.4) is 0 Å². The normalized spacial score (nSPS) is 22.5. The van der Waals surface area contributed by atoms with E-state index in [2.05, 4.69) is 29.5 Å². The van der Waals surface area contributed by atoms with Gasteiger partial charge in [-0.05, 0) is 38.8 Å². The predicted octanol–water partition coefficient (Wildman–Crippen LogP) is 2.65. The summed E-state index contributed by atoms with van der Waals surface area (Å²) in [4.78, 5) is 4.40. The molecule has 0 saturated heterocycles. The average Bonchev–Trinajstić information content (AvgIpc) is 3.08. The molecule has 0 heterocycles. The van der Waals surface area contributed by atoms with Crippen LogP contribution in [0.1, 0.15) is 38.7 Å². The molecule has 1 aliphatic carbocycles. The van der Waals surface area contributed by atoms with Gasteiger partial charge in [-0.3, -0.25) is 4.99 Å². The molecule has 1 aromatic rings. The summed E-state index contributed by atoms with van der Waals surface area (Å²) in [6.07, 6.45) is 0.962. The predicted molar refractivity (Wildman–Crippen MR) is 76.9 cm³/mol. The molecule has 0 aliphatic heterocycles. The van der Waals surface area contributed by atoms with Gasteiger partial charge in [-0.2, -0.15) is 0 Å². The number of halogens is 1. The smallest absolute Gasteiger partial charge is 0.191 e. The van der Waals surface area contributed by atoms with Crippen molar-refractivity contribution >= 4 is 5.96 Å². The van der Waals surface area contributed by atoms with E-state index in [0.29, 0.717) is 6.04 Å². The summed E-state index contributed by atoms with van der Waals surface area (Å²) in [5.74, 6) is 0.973. The van der Waals surface area contributed by atoms with Crippen molar-refractivity contribution in [2.24, 2.45) is 4.99 Å². The molecular weight excluding hydrogens is 241 g/mol. The van der Waals surface area contributed by atoms with Gasteiger partial charge in [-0.15, -0.1) is 0 Å². The lowest BCUT2D eigenvalue weighted by atomic mass is 10.1. The number of nitrogens with zero attached hydrogens (tertiary/aromatic N) is 1. The van der Waals surface area contributed by atoms with Crippen LogP contribution in [0, 0.1) is 5.82 Å². The van der Waals surface area contributed by atoms with Crippen LogP contribution in [-0.2, 0) is 0 Å². The van der Waals surface area contributed by atoms with Gasteiger partial charge in [0.15, 0.2) is 5.96 Å². The van der Waals surface area contributed by atoms with E-state index in [4.69, 9.17) is 0 Å². The Morgan fingerprint density at radius 3 is 2.79 bits per heavy atom. The third-order valence-electron chi connectivity index (χ3n) is 3.16. The zero-order valence-corrected chi connectivity index (χ0v) is 11.8. The Labute approximate surface area is 114 Å². The minimum absolute atomic E-state index is 0.109. The summed E-state index contributed by atoms with van der Waals surface area (Å²) in [6.45, 7) is 6.90. The Balaban J connectivity index is 1.96. The van der Waals surface area contributed by atoms with Crippen LogP contribution < -0.4 is 10.6 Å². The van der Waals surface area contributed by atoms with E-state index in [1.807, 2.05) is 19.1 Å². The molecule has 1 saturated carbocycles. The Morgan fingerprint density at radius 2 is 2.16 bits per heavy atom. The van der Waals surface area contributed by atoms with Crippen molar-refractivity contribution in [1.82, 2.24) is 10.6 Å². The van der Waals surface area contributed by atoms with Gasteiger partial charge in [0, 0.05) is 24.5 Å². The molecule has 1 fully saturated rings. The maximum absolute atomic E-state index is 13.7. The second-order valence-electron chi connectivity index (χ2n) is 5.24. The van der Waals surface area contributed by atoms with Crippen molar-refractivity contribution in [3.8, 4) is 0 Å². The molecule has 0 amide bonds. The Kier molecular flexibility index (Phi) is 4.40. The van der Waals surface area contributed by atoms with E-state index >= 15 is 0 Å². The maximum atomic E-state index is 13.7. The lowest BCUT2D eigenvalue weighted by molar-refractivity contribution is 0.607. The summed E-state index contributed by atoms with van der Waals surface area (Å²) < 4.78 is 13.7. The van der Waals surface area contributed by atoms with E-state index in [9.17, 15) is 4.39 Å². The second-order valence-corrected chi connectivity index (χ2v) is 5.24. The van der Waals surface area contributed by atoms with Crippen LogP contribution in [0.4, 0.5) is 4.39 Å². The topological polar surface area (TPSA) is 36.4 Å². The largest absolute Gasteiger partial charge is 0.354 e. The van der Waals surface area contributed by atoms with Gasteiger partial charge in [0.2, 0.25) is 0 Å². The van der Waals surface area contributed by atoms with E-state index in [1.165, 1.54) is 6.07 Å². The lowest BCUT2D eigenvalue weighted by Gasteiger charge is -2.15. The fourth-order valence-electron chi connectivity index (χ4n) is 2.21. The molecule has 2 atom stereocenters. The molecule has 2 rings (SSSR count). The minimum Gasteiger partial charge on any atom is -0.354 e. The molecule has 2 unspecified atom stereocenters. The van der Waals surface area contributed by atoms with Gasteiger partial charge in [0.25, 0.3) is 0 Å². The minimum atomic E-state index is -0.109. The molecule has 104 valence electrons. The molecule has 1 aromatic carbocycles. The molecule has 0 radical (unpaired) electrons. The van der Waals surface area contributed by atoms with Crippen LogP contribution in [0.5, 0.6) is 0 Å². The van der Waals surface area contributed by atoms with Crippen molar-refractivity contribution in [3.63, 3.8) is 0 Å². The molecule has 0 bridgehead atoms. The molecule has 0 aromatic heterocycles. The highest BCUT2D eigenvalue weighted by molar-refractivity contribution is 5.80. The zero-order valence-electron chi connectivity index (χ0n) is 11.8. The first-order valence-corrected chi connectivity index (χ1v) is 6.93. The maximum Gasteiger partial charge on any atom is 0.191 e. The van der Waals surface area contributed by atoms with E-state index < -0.39 is 0 Å². The van der Waals surface area contributed by atoms with Crippen LogP contribution in [0.15, 0.2) is 29.3 Å². The molecule has 19 heavy (non-hydrogen) atoms. The number of guanidine groups is 1. The Bertz CT molecular complexity index is 456. The zero-order chi connectivity index (χ0) is 13.8. The summed E-state index contributed by atoms with van der Waals surface area (Å²) in [5.41, 5.74) is 0.806.